The third kappa shape index (κ3) is 4.25. The lowest BCUT2D eigenvalue weighted by atomic mass is 9.95. The summed E-state index contributed by atoms with van der Waals surface area (Å²) in [5, 5.41) is 3.51. The first-order valence-corrected chi connectivity index (χ1v) is 8.85. The van der Waals surface area contributed by atoms with Gasteiger partial charge in [-0.2, -0.15) is 11.8 Å². The summed E-state index contributed by atoms with van der Waals surface area (Å²) in [6, 6.07) is 0. The van der Waals surface area contributed by atoms with E-state index >= 15 is 0 Å². The van der Waals surface area contributed by atoms with E-state index in [9.17, 15) is 0 Å². The lowest BCUT2D eigenvalue weighted by molar-refractivity contribution is 0.544. The van der Waals surface area contributed by atoms with Crippen LogP contribution in [0.4, 0.5) is 11.6 Å². The number of rotatable bonds is 6. The van der Waals surface area contributed by atoms with Gasteiger partial charge < -0.3 is 11.1 Å². The first kappa shape index (κ1) is 18.1. The number of thioether (sulfide) groups is 1. The van der Waals surface area contributed by atoms with Gasteiger partial charge in [0.15, 0.2) is 0 Å². The molecule has 0 aliphatic rings. The molecule has 0 unspecified atom stereocenters. The Bertz CT molecular complexity index is 468. The first-order chi connectivity index (χ1) is 9.69. The summed E-state index contributed by atoms with van der Waals surface area (Å²) in [6.07, 6.45) is 4.43. The lowest BCUT2D eigenvalue weighted by Gasteiger charge is -2.30. The van der Waals surface area contributed by atoms with Crippen LogP contribution >= 0.6 is 11.8 Å². The van der Waals surface area contributed by atoms with Crippen LogP contribution in [0.1, 0.15) is 58.8 Å². The van der Waals surface area contributed by atoms with E-state index in [1.807, 2.05) is 18.7 Å². The highest BCUT2D eigenvalue weighted by molar-refractivity contribution is 8.00. The van der Waals surface area contributed by atoms with Crippen molar-refractivity contribution in [3.05, 3.63) is 11.4 Å². The molecule has 0 spiro atoms. The highest BCUT2D eigenvalue weighted by atomic mass is 32.2. The second-order valence-corrected chi connectivity index (χ2v) is 7.88. The smallest absolute Gasteiger partial charge is 0.138 e. The molecular formula is C16H30N4S. The van der Waals surface area contributed by atoms with Crippen LogP contribution in [0, 0.1) is 6.92 Å². The molecule has 1 aromatic rings. The van der Waals surface area contributed by atoms with E-state index in [4.69, 9.17) is 10.7 Å². The van der Waals surface area contributed by atoms with Crippen molar-refractivity contribution in [3.8, 4) is 0 Å². The number of hydrogen-bond donors (Lipinski definition) is 2. The Morgan fingerprint density at radius 1 is 1.14 bits per heavy atom. The highest BCUT2D eigenvalue weighted by Gasteiger charge is 2.26. The molecule has 1 rings (SSSR count). The molecule has 0 aliphatic carbocycles. The third-order valence-electron chi connectivity index (χ3n) is 4.15. The number of aromatic nitrogens is 2. The van der Waals surface area contributed by atoms with Crippen LogP contribution in [0.3, 0.4) is 0 Å². The van der Waals surface area contributed by atoms with Crippen molar-refractivity contribution >= 4 is 23.4 Å². The molecule has 1 heterocycles. The minimum Gasteiger partial charge on any atom is -0.383 e. The zero-order chi connectivity index (χ0) is 16.3. The van der Waals surface area contributed by atoms with E-state index in [1.54, 1.807) is 0 Å². The van der Waals surface area contributed by atoms with Crippen LogP contribution in [-0.2, 0) is 5.41 Å². The summed E-state index contributed by atoms with van der Waals surface area (Å²) in [5.74, 6) is 2.23. The summed E-state index contributed by atoms with van der Waals surface area (Å²) < 4.78 is 0.244. The molecule has 0 saturated heterocycles. The Balaban J connectivity index is 3.06. The van der Waals surface area contributed by atoms with Gasteiger partial charge in [-0.15, -0.1) is 0 Å². The quantitative estimate of drug-likeness (QED) is 0.831. The molecule has 5 heteroatoms. The zero-order valence-corrected chi connectivity index (χ0v) is 15.3. The predicted octanol–water partition coefficient (Wildman–Crippen LogP) is 4.00. The van der Waals surface area contributed by atoms with E-state index in [2.05, 4.69) is 51.2 Å². The van der Waals surface area contributed by atoms with Crippen molar-refractivity contribution < 1.29 is 0 Å². The topological polar surface area (TPSA) is 63.8 Å². The van der Waals surface area contributed by atoms with Gasteiger partial charge >= 0.3 is 0 Å². The van der Waals surface area contributed by atoms with Crippen molar-refractivity contribution in [1.29, 1.82) is 0 Å². The van der Waals surface area contributed by atoms with Gasteiger partial charge in [-0.25, -0.2) is 9.97 Å². The van der Waals surface area contributed by atoms with Crippen LogP contribution < -0.4 is 11.1 Å². The number of anilines is 2. The molecule has 1 aromatic heterocycles. The summed E-state index contributed by atoms with van der Waals surface area (Å²) >= 11 is 1.92. The number of hydrogen-bond acceptors (Lipinski definition) is 5. The zero-order valence-electron chi connectivity index (χ0n) is 14.5. The molecule has 0 fully saturated rings. The maximum Gasteiger partial charge on any atom is 0.138 e. The fraction of sp³-hybridized carbons (Fsp3) is 0.750. The van der Waals surface area contributed by atoms with Gasteiger partial charge in [0.2, 0.25) is 0 Å². The van der Waals surface area contributed by atoms with E-state index in [-0.39, 0.29) is 10.2 Å². The minimum absolute atomic E-state index is 0.107. The average molecular weight is 311 g/mol. The number of nitrogens with two attached hydrogens (primary N) is 1. The SMILES string of the molecule is CCC(CC)(CNc1nc(C(C)(C)C)nc(N)c1C)SC. The summed E-state index contributed by atoms with van der Waals surface area (Å²) in [5.41, 5.74) is 6.89. The van der Waals surface area contributed by atoms with Crippen molar-refractivity contribution in [2.75, 3.05) is 23.9 Å². The summed E-state index contributed by atoms with van der Waals surface area (Å²) in [4.78, 5) is 9.13. The van der Waals surface area contributed by atoms with E-state index in [0.717, 1.165) is 36.6 Å². The molecule has 0 aliphatic heterocycles. The molecule has 21 heavy (non-hydrogen) atoms. The Labute approximate surface area is 133 Å². The van der Waals surface area contributed by atoms with Gasteiger partial charge in [0.05, 0.1) is 0 Å². The molecule has 0 aromatic carbocycles. The standard InChI is InChI=1S/C16H30N4S/c1-8-16(9-2,21-7)10-18-13-11(3)12(17)19-14(20-13)15(4,5)6/h8-10H2,1-7H3,(H3,17,18,19,20). The molecule has 0 atom stereocenters. The Morgan fingerprint density at radius 3 is 2.14 bits per heavy atom. The summed E-state index contributed by atoms with van der Waals surface area (Å²) in [7, 11) is 0. The molecule has 0 radical (unpaired) electrons. The Hall–Kier alpha value is -0.970. The van der Waals surface area contributed by atoms with Crippen molar-refractivity contribution in [2.24, 2.45) is 0 Å². The molecule has 0 bridgehead atoms. The average Bonchev–Trinajstić information content (AvgIpc) is 2.43. The second-order valence-electron chi connectivity index (χ2n) is 6.60. The van der Waals surface area contributed by atoms with Crippen molar-refractivity contribution in [2.45, 2.75) is 64.5 Å². The third-order valence-corrected chi connectivity index (χ3v) is 5.74. The van der Waals surface area contributed by atoms with E-state index in [1.165, 1.54) is 0 Å². The van der Waals surface area contributed by atoms with E-state index in [0.29, 0.717) is 5.82 Å². The number of nitrogens with zero attached hydrogens (tertiary/aromatic N) is 2. The maximum absolute atomic E-state index is 6.06. The summed E-state index contributed by atoms with van der Waals surface area (Å²) in [6.45, 7) is 13.7. The van der Waals surface area contributed by atoms with Gasteiger partial charge in [0, 0.05) is 22.3 Å². The monoisotopic (exact) mass is 310 g/mol. The molecule has 0 saturated carbocycles. The fourth-order valence-electron chi connectivity index (χ4n) is 2.15. The van der Waals surface area contributed by atoms with Crippen LogP contribution in [-0.4, -0.2) is 27.5 Å². The largest absolute Gasteiger partial charge is 0.383 e. The van der Waals surface area contributed by atoms with E-state index < -0.39 is 0 Å². The fourth-order valence-corrected chi connectivity index (χ4v) is 2.94. The van der Waals surface area contributed by atoms with Crippen molar-refractivity contribution in [1.82, 2.24) is 9.97 Å². The van der Waals surface area contributed by atoms with Crippen molar-refractivity contribution in [3.63, 3.8) is 0 Å². The lowest BCUT2D eigenvalue weighted by Crippen LogP contribution is -2.32. The van der Waals surface area contributed by atoms with Gasteiger partial charge in [0.25, 0.3) is 0 Å². The molecular weight excluding hydrogens is 280 g/mol. The molecule has 120 valence electrons. The molecule has 4 nitrogen and oxygen atoms in total. The highest BCUT2D eigenvalue weighted by Crippen LogP contribution is 2.31. The normalized spacial score (nSPS) is 12.5. The predicted molar refractivity (Wildman–Crippen MR) is 95.2 cm³/mol. The van der Waals surface area contributed by atoms with Crippen LogP contribution in [0.5, 0.6) is 0 Å². The first-order valence-electron chi connectivity index (χ1n) is 7.62. The minimum atomic E-state index is -0.107. The second kappa shape index (κ2) is 6.86. The number of nitrogen functional groups attached to an aromatic ring is 1. The Kier molecular flexibility index (Phi) is 5.91. The van der Waals surface area contributed by atoms with Gasteiger partial charge in [-0.05, 0) is 26.0 Å². The molecule has 0 amide bonds. The van der Waals surface area contributed by atoms with Crippen LogP contribution in [0.25, 0.3) is 0 Å². The van der Waals surface area contributed by atoms with Gasteiger partial charge in [0.1, 0.15) is 17.5 Å². The Morgan fingerprint density at radius 2 is 1.71 bits per heavy atom. The van der Waals surface area contributed by atoms with Gasteiger partial charge in [-0.3, -0.25) is 0 Å². The maximum atomic E-state index is 6.06. The number of nitrogens with one attached hydrogen (secondary N) is 1. The molecule has 3 N–H and O–H groups in total. The van der Waals surface area contributed by atoms with Crippen LogP contribution in [0.2, 0.25) is 0 Å². The van der Waals surface area contributed by atoms with Crippen LogP contribution in [0.15, 0.2) is 0 Å². The van der Waals surface area contributed by atoms with Gasteiger partial charge in [-0.1, -0.05) is 34.6 Å².